The van der Waals surface area contributed by atoms with Crippen molar-refractivity contribution in [2.24, 2.45) is 0 Å². The molecule has 0 aromatic rings. The fraction of sp³-hybridized carbons (Fsp3) is 0.333. The van der Waals surface area contributed by atoms with E-state index in [-0.39, 0.29) is 0 Å². The maximum Gasteiger partial charge on any atom is 0.0663 e. The summed E-state index contributed by atoms with van der Waals surface area (Å²) in [5.41, 5.74) is 0. The molecule has 0 aliphatic carbocycles. The van der Waals surface area contributed by atoms with E-state index in [4.69, 9.17) is 10.8 Å². The molecule has 0 heterocycles. The SMILES string of the molecule is C=C(SC(C)=N)SC(C)=N. The van der Waals surface area contributed by atoms with Gasteiger partial charge >= 0.3 is 0 Å². The van der Waals surface area contributed by atoms with Crippen molar-refractivity contribution in [1.29, 1.82) is 10.8 Å². The van der Waals surface area contributed by atoms with E-state index in [0.29, 0.717) is 10.1 Å². The zero-order chi connectivity index (χ0) is 8.15. The van der Waals surface area contributed by atoms with Gasteiger partial charge in [0.2, 0.25) is 0 Å². The summed E-state index contributed by atoms with van der Waals surface area (Å²) in [7, 11) is 0. The normalized spacial score (nSPS) is 9.00. The molecule has 0 spiro atoms. The molecule has 0 bridgehead atoms. The molecule has 0 radical (unpaired) electrons. The lowest BCUT2D eigenvalue weighted by molar-refractivity contribution is 1.54. The molecule has 2 N–H and O–H groups in total. The number of nitrogens with one attached hydrogen (secondary N) is 2. The topological polar surface area (TPSA) is 47.7 Å². The van der Waals surface area contributed by atoms with Gasteiger partial charge in [-0.25, -0.2) is 0 Å². The number of hydrogen-bond acceptors (Lipinski definition) is 4. The quantitative estimate of drug-likeness (QED) is 0.499. The predicted molar refractivity (Wildman–Crippen MR) is 51.1 cm³/mol. The van der Waals surface area contributed by atoms with Crippen molar-refractivity contribution < 1.29 is 0 Å². The van der Waals surface area contributed by atoms with E-state index >= 15 is 0 Å². The van der Waals surface area contributed by atoms with Gasteiger partial charge in [0.05, 0.1) is 10.1 Å². The van der Waals surface area contributed by atoms with Gasteiger partial charge in [-0.15, -0.1) is 0 Å². The summed E-state index contributed by atoms with van der Waals surface area (Å²) >= 11 is 2.59. The molecular weight excluding hydrogens is 164 g/mol. The van der Waals surface area contributed by atoms with Gasteiger partial charge < -0.3 is 0 Å². The van der Waals surface area contributed by atoms with Gasteiger partial charge in [0.15, 0.2) is 0 Å². The molecule has 4 heteroatoms. The minimum absolute atomic E-state index is 0.513. The van der Waals surface area contributed by atoms with Gasteiger partial charge in [-0.05, 0) is 13.8 Å². The minimum atomic E-state index is 0.513. The van der Waals surface area contributed by atoms with Gasteiger partial charge in [-0.1, -0.05) is 30.1 Å². The number of rotatable bonds is 2. The van der Waals surface area contributed by atoms with Crippen LogP contribution in [0.5, 0.6) is 0 Å². The third-order valence-electron chi connectivity index (χ3n) is 0.534. The van der Waals surface area contributed by atoms with E-state index in [1.807, 2.05) is 0 Å². The van der Waals surface area contributed by atoms with Crippen LogP contribution in [0.3, 0.4) is 0 Å². The van der Waals surface area contributed by atoms with Crippen molar-refractivity contribution in [3.63, 3.8) is 0 Å². The van der Waals surface area contributed by atoms with Crippen LogP contribution in [0.25, 0.3) is 0 Å². The Hall–Kier alpha value is -0.220. The van der Waals surface area contributed by atoms with E-state index in [0.717, 1.165) is 4.24 Å². The van der Waals surface area contributed by atoms with E-state index in [1.165, 1.54) is 23.5 Å². The highest BCUT2D eigenvalue weighted by Crippen LogP contribution is 2.27. The van der Waals surface area contributed by atoms with Crippen LogP contribution in [0.4, 0.5) is 0 Å². The van der Waals surface area contributed by atoms with Gasteiger partial charge in [0, 0.05) is 4.24 Å². The summed E-state index contributed by atoms with van der Waals surface area (Å²) in [5.74, 6) is 0. The lowest BCUT2D eigenvalue weighted by Gasteiger charge is -1.99. The molecule has 0 unspecified atom stereocenters. The minimum Gasteiger partial charge on any atom is -0.298 e. The second-order valence-corrected chi connectivity index (χ2v) is 4.57. The Bertz CT molecular complexity index is 157. The Morgan fingerprint density at radius 3 is 1.60 bits per heavy atom. The summed E-state index contributed by atoms with van der Waals surface area (Å²) in [4.78, 5) is 0. The van der Waals surface area contributed by atoms with Crippen molar-refractivity contribution in [3.8, 4) is 0 Å². The fourth-order valence-corrected chi connectivity index (χ4v) is 1.96. The number of hydrogen-bond donors (Lipinski definition) is 2. The van der Waals surface area contributed by atoms with Crippen molar-refractivity contribution in [1.82, 2.24) is 0 Å². The van der Waals surface area contributed by atoms with Crippen LogP contribution in [0, 0.1) is 10.8 Å². The van der Waals surface area contributed by atoms with E-state index in [9.17, 15) is 0 Å². The first-order valence-electron chi connectivity index (χ1n) is 2.67. The molecule has 0 saturated carbocycles. The summed E-state index contributed by atoms with van der Waals surface area (Å²) in [6.45, 7) is 7.09. The lowest BCUT2D eigenvalue weighted by atomic mass is 10.9. The lowest BCUT2D eigenvalue weighted by Crippen LogP contribution is -1.82. The zero-order valence-corrected chi connectivity index (χ0v) is 7.66. The second kappa shape index (κ2) is 4.57. The van der Waals surface area contributed by atoms with Crippen LogP contribution in [0.1, 0.15) is 13.8 Å². The molecule has 0 aliphatic heterocycles. The Kier molecular flexibility index (Phi) is 4.47. The van der Waals surface area contributed by atoms with Crippen molar-refractivity contribution >= 4 is 33.6 Å². The maximum absolute atomic E-state index is 7.09. The predicted octanol–water partition coefficient (Wildman–Crippen LogP) is 2.92. The van der Waals surface area contributed by atoms with Crippen molar-refractivity contribution in [2.45, 2.75) is 13.8 Å². The van der Waals surface area contributed by atoms with Crippen LogP contribution in [0.15, 0.2) is 10.8 Å². The first-order chi connectivity index (χ1) is 4.52. The monoisotopic (exact) mass is 174 g/mol. The summed E-state index contributed by atoms with van der Waals surface area (Å²) in [6, 6.07) is 0. The average Bonchev–Trinajstić information content (AvgIpc) is 1.58. The van der Waals surface area contributed by atoms with Gasteiger partial charge in [0.1, 0.15) is 0 Å². The highest BCUT2D eigenvalue weighted by molar-refractivity contribution is 8.34. The largest absolute Gasteiger partial charge is 0.298 e. The van der Waals surface area contributed by atoms with E-state index in [2.05, 4.69) is 6.58 Å². The van der Waals surface area contributed by atoms with Crippen molar-refractivity contribution in [3.05, 3.63) is 10.8 Å². The van der Waals surface area contributed by atoms with Gasteiger partial charge in [0.25, 0.3) is 0 Å². The molecule has 0 saturated heterocycles. The highest BCUT2D eigenvalue weighted by atomic mass is 32.2. The van der Waals surface area contributed by atoms with Gasteiger partial charge in [-0.3, -0.25) is 10.8 Å². The molecule has 0 aromatic heterocycles. The fourth-order valence-electron chi connectivity index (χ4n) is 0.362. The maximum atomic E-state index is 7.09. The zero-order valence-electron chi connectivity index (χ0n) is 6.02. The number of thioether (sulfide) groups is 2. The Morgan fingerprint density at radius 2 is 1.40 bits per heavy atom. The Morgan fingerprint density at radius 1 is 1.10 bits per heavy atom. The molecule has 0 aliphatic rings. The molecule has 0 rings (SSSR count). The molecule has 0 amide bonds. The van der Waals surface area contributed by atoms with Crippen LogP contribution in [-0.2, 0) is 0 Å². The summed E-state index contributed by atoms with van der Waals surface area (Å²) in [5, 5.41) is 15.2. The van der Waals surface area contributed by atoms with Crippen LogP contribution >= 0.6 is 23.5 Å². The Labute approximate surface area is 69.5 Å². The smallest absolute Gasteiger partial charge is 0.0663 e. The van der Waals surface area contributed by atoms with Crippen LogP contribution < -0.4 is 0 Å². The summed E-state index contributed by atoms with van der Waals surface area (Å²) < 4.78 is 0.792. The molecular formula is C6H10N2S2. The van der Waals surface area contributed by atoms with E-state index < -0.39 is 0 Å². The van der Waals surface area contributed by atoms with Crippen molar-refractivity contribution in [2.75, 3.05) is 0 Å². The first kappa shape index (κ1) is 9.78. The van der Waals surface area contributed by atoms with E-state index in [1.54, 1.807) is 13.8 Å². The second-order valence-electron chi connectivity index (χ2n) is 1.69. The molecule has 10 heavy (non-hydrogen) atoms. The molecule has 2 nitrogen and oxygen atoms in total. The summed E-state index contributed by atoms with van der Waals surface area (Å²) in [6.07, 6.45) is 0. The third-order valence-corrected chi connectivity index (χ3v) is 2.10. The van der Waals surface area contributed by atoms with Gasteiger partial charge in [-0.2, -0.15) is 0 Å². The molecule has 56 valence electrons. The average molecular weight is 174 g/mol. The Balaban J connectivity index is 3.65. The highest BCUT2D eigenvalue weighted by Gasteiger charge is 1.97. The molecule has 0 fully saturated rings. The molecule has 0 atom stereocenters. The molecule has 0 aromatic carbocycles. The van der Waals surface area contributed by atoms with Crippen LogP contribution in [0.2, 0.25) is 0 Å². The first-order valence-corrected chi connectivity index (χ1v) is 4.30. The third kappa shape index (κ3) is 5.91. The standard InChI is InChI=1S/C6H10N2S2/c1-4(7)9-6(3)10-5(2)8/h7-8H,3H2,1-2H3. The van der Waals surface area contributed by atoms with Crippen LogP contribution in [-0.4, -0.2) is 10.1 Å².